The Morgan fingerprint density at radius 1 is 1.27 bits per heavy atom. The average Bonchev–Trinajstić information content (AvgIpc) is 2.74. The summed E-state index contributed by atoms with van der Waals surface area (Å²) < 4.78 is 5.85. The Morgan fingerprint density at radius 2 is 2.00 bits per heavy atom. The van der Waals surface area contributed by atoms with Crippen LogP contribution in [0.25, 0.3) is 10.9 Å². The molecule has 30 heavy (non-hydrogen) atoms. The first-order chi connectivity index (χ1) is 14.3. The van der Waals surface area contributed by atoms with Crippen LogP contribution in [0.2, 0.25) is 10.0 Å². The summed E-state index contributed by atoms with van der Waals surface area (Å²) in [5, 5.41) is 3.81. The molecule has 0 radical (unpaired) electrons. The number of nitrogens with one attached hydrogen (secondary N) is 1. The Bertz CT molecular complexity index is 1200. The average molecular weight is 467 g/mol. The number of aromatic nitrogens is 3. The number of ether oxygens (including phenoxy) is 1. The monoisotopic (exact) mass is 466 g/mol. The highest BCUT2D eigenvalue weighted by Gasteiger charge is 2.17. The second-order valence-corrected chi connectivity index (χ2v) is 7.84. The molecule has 3 rings (SSSR count). The number of thioether (sulfide) groups is 1. The summed E-state index contributed by atoms with van der Waals surface area (Å²) in [7, 11) is 1.23. The van der Waals surface area contributed by atoms with E-state index in [2.05, 4.69) is 20.0 Å². The number of carbonyl (C=O) groups excluding carboxylic acids is 2. The maximum Gasteiger partial charge on any atom is 0.325 e. The fraction of sp³-hybridized carbons (Fsp3) is 0.211. The molecule has 2 heterocycles. The van der Waals surface area contributed by atoms with E-state index in [1.54, 1.807) is 31.2 Å². The fourth-order valence-corrected chi connectivity index (χ4v) is 3.72. The van der Waals surface area contributed by atoms with Gasteiger partial charge in [-0.3, -0.25) is 19.0 Å². The highest BCUT2D eigenvalue weighted by molar-refractivity contribution is 7.99. The number of hydrogen-bond donors (Lipinski definition) is 1. The Morgan fingerprint density at radius 3 is 2.73 bits per heavy atom. The van der Waals surface area contributed by atoms with E-state index in [-0.39, 0.29) is 28.3 Å². The van der Waals surface area contributed by atoms with Crippen molar-refractivity contribution in [2.45, 2.75) is 18.6 Å². The number of fused-ring (bicyclic) bond motifs is 1. The van der Waals surface area contributed by atoms with Crippen molar-refractivity contribution >= 4 is 63.6 Å². The molecular formula is C19H16Cl2N4O4S. The van der Waals surface area contributed by atoms with Crippen LogP contribution in [0.1, 0.15) is 5.56 Å². The van der Waals surface area contributed by atoms with Crippen molar-refractivity contribution in [2.24, 2.45) is 0 Å². The highest BCUT2D eigenvalue weighted by Crippen LogP contribution is 2.28. The third-order valence-electron chi connectivity index (χ3n) is 4.13. The van der Waals surface area contributed by atoms with Gasteiger partial charge in [0.1, 0.15) is 6.54 Å². The maximum atomic E-state index is 12.8. The third-order valence-corrected chi connectivity index (χ3v) is 5.95. The highest BCUT2D eigenvalue weighted by atomic mass is 35.5. The maximum absolute atomic E-state index is 12.8. The van der Waals surface area contributed by atoms with Gasteiger partial charge in [-0.15, -0.1) is 0 Å². The minimum absolute atomic E-state index is 0.0916. The van der Waals surface area contributed by atoms with Crippen LogP contribution in [0.3, 0.4) is 0 Å². The SMILES string of the molecule is COC(=O)Cn1c(SCC(=O)Nc2ncc(Cl)c(C)c2Cl)nc2ccccc2c1=O. The van der Waals surface area contributed by atoms with Gasteiger partial charge in [-0.2, -0.15) is 0 Å². The predicted molar refractivity (Wildman–Crippen MR) is 116 cm³/mol. The van der Waals surface area contributed by atoms with E-state index in [1.165, 1.54) is 17.9 Å². The molecule has 1 N–H and O–H groups in total. The van der Waals surface area contributed by atoms with Crippen LogP contribution in [0.15, 0.2) is 40.4 Å². The number of anilines is 1. The number of benzene rings is 1. The number of hydrogen-bond acceptors (Lipinski definition) is 7. The number of amides is 1. The number of carbonyl (C=O) groups is 2. The lowest BCUT2D eigenvalue weighted by atomic mass is 10.2. The molecule has 0 saturated heterocycles. The van der Waals surface area contributed by atoms with E-state index in [9.17, 15) is 14.4 Å². The topological polar surface area (TPSA) is 103 Å². The van der Waals surface area contributed by atoms with Gasteiger partial charge in [0.15, 0.2) is 11.0 Å². The summed E-state index contributed by atoms with van der Waals surface area (Å²) in [5.41, 5.74) is 0.663. The number of para-hydroxylation sites is 1. The van der Waals surface area contributed by atoms with E-state index in [1.807, 2.05) is 0 Å². The largest absolute Gasteiger partial charge is 0.468 e. The van der Waals surface area contributed by atoms with E-state index in [0.29, 0.717) is 21.5 Å². The zero-order valence-corrected chi connectivity index (χ0v) is 18.3. The minimum atomic E-state index is -0.604. The summed E-state index contributed by atoms with van der Waals surface area (Å²) in [4.78, 5) is 45.4. The van der Waals surface area contributed by atoms with Gasteiger partial charge in [-0.25, -0.2) is 9.97 Å². The van der Waals surface area contributed by atoms with Gasteiger partial charge in [0.25, 0.3) is 5.56 Å². The van der Waals surface area contributed by atoms with Crippen molar-refractivity contribution in [1.82, 2.24) is 14.5 Å². The first kappa shape index (κ1) is 22.1. The second kappa shape index (κ2) is 9.46. The number of halogens is 2. The summed E-state index contributed by atoms with van der Waals surface area (Å²) in [5.74, 6) is -0.926. The van der Waals surface area contributed by atoms with Crippen LogP contribution in [-0.2, 0) is 20.9 Å². The molecule has 1 aromatic carbocycles. The van der Waals surface area contributed by atoms with Crippen molar-refractivity contribution in [1.29, 1.82) is 0 Å². The smallest absolute Gasteiger partial charge is 0.325 e. The number of rotatable bonds is 6. The van der Waals surface area contributed by atoms with Crippen LogP contribution < -0.4 is 10.9 Å². The Balaban J connectivity index is 1.85. The Labute approximate surface area is 185 Å². The van der Waals surface area contributed by atoms with Gasteiger partial charge in [0, 0.05) is 6.20 Å². The molecular weight excluding hydrogens is 451 g/mol. The first-order valence-electron chi connectivity index (χ1n) is 8.61. The number of nitrogens with zero attached hydrogens (tertiary/aromatic N) is 3. The van der Waals surface area contributed by atoms with Crippen molar-refractivity contribution in [3.05, 3.63) is 56.4 Å². The van der Waals surface area contributed by atoms with Gasteiger partial charge in [0.05, 0.1) is 33.8 Å². The lowest BCUT2D eigenvalue weighted by molar-refractivity contribution is -0.141. The molecule has 0 bridgehead atoms. The number of methoxy groups -OCH3 is 1. The van der Waals surface area contributed by atoms with Crippen LogP contribution in [0.5, 0.6) is 0 Å². The molecule has 11 heteroatoms. The third kappa shape index (κ3) is 4.75. The van der Waals surface area contributed by atoms with Crippen molar-refractivity contribution in [3.63, 3.8) is 0 Å². The van der Waals surface area contributed by atoms with E-state index >= 15 is 0 Å². The molecule has 0 atom stereocenters. The van der Waals surface area contributed by atoms with Gasteiger partial charge >= 0.3 is 5.97 Å². The molecule has 0 aliphatic carbocycles. The van der Waals surface area contributed by atoms with Crippen LogP contribution in [-0.4, -0.2) is 39.3 Å². The van der Waals surface area contributed by atoms with E-state index in [0.717, 1.165) is 11.8 Å². The minimum Gasteiger partial charge on any atom is -0.468 e. The van der Waals surface area contributed by atoms with Gasteiger partial charge in [0.2, 0.25) is 5.91 Å². The number of pyridine rings is 1. The summed E-state index contributed by atoms with van der Waals surface area (Å²) in [6.45, 7) is 1.39. The molecule has 0 spiro atoms. The molecule has 8 nitrogen and oxygen atoms in total. The lowest BCUT2D eigenvalue weighted by Crippen LogP contribution is -2.28. The molecule has 0 fully saturated rings. The molecule has 0 saturated carbocycles. The van der Waals surface area contributed by atoms with Crippen LogP contribution >= 0.6 is 35.0 Å². The zero-order valence-electron chi connectivity index (χ0n) is 15.9. The van der Waals surface area contributed by atoms with Crippen LogP contribution in [0, 0.1) is 6.92 Å². The normalized spacial score (nSPS) is 10.8. The van der Waals surface area contributed by atoms with Crippen molar-refractivity contribution < 1.29 is 14.3 Å². The Hall–Kier alpha value is -2.62. The lowest BCUT2D eigenvalue weighted by Gasteiger charge is -2.12. The van der Waals surface area contributed by atoms with Crippen molar-refractivity contribution in [3.8, 4) is 0 Å². The molecule has 0 aliphatic heterocycles. The zero-order chi connectivity index (χ0) is 21.8. The molecule has 0 unspecified atom stereocenters. The molecule has 0 aliphatic rings. The molecule has 1 amide bonds. The Kier molecular flexibility index (Phi) is 6.96. The van der Waals surface area contributed by atoms with E-state index in [4.69, 9.17) is 23.2 Å². The molecule has 2 aromatic heterocycles. The predicted octanol–water partition coefficient (Wildman–Crippen LogP) is 3.31. The molecule has 3 aromatic rings. The van der Waals surface area contributed by atoms with E-state index < -0.39 is 17.4 Å². The van der Waals surface area contributed by atoms with Crippen LogP contribution in [0.4, 0.5) is 5.82 Å². The first-order valence-corrected chi connectivity index (χ1v) is 10.4. The second-order valence-electron chi connectivity index (χ2n) is 6.11. The summed E-state index contributed by atoms with van der Waals surface area (Å²) in [6, 6.07) is 6.76. The summed E-state index contributed by atoms with van der Waals surface area (Å²) >= 11 is 13.1. The number of esters is 1. The van der Waals surface area contributed by atoms with Crippen molar-refractivity contribution in [2.75, 3.05) is 18.2 Å². The quantitative estimate of drug-likeness (QED) is 0.337. The van der Waals surface area contributed by atoms with Gasteiger partial charge in [-0.1, -0.05) is 47.1 Å². The van der Waals surface area contributed by atoms with Gasteiger partial charge < -0.3 is 10.1 Å². The van der Waals surface area contributed by atoms with Gasteiger partial charge in [-0.05, 0) is 24.6 Å². The standard InChI is InChI=1S/C19H16Cl2N4O4S/c1-10-12(20)7-22-17(16(10)21)24-14(26)9-30-19-23-13-6-4-3-5-11(13)18(28)25(19)8-15(27)29-2/h3-7H,8-9H2,1-2H3,(H,22,24,26). The summed E-state index contributed by atoms with van der Waals surface area (Å²) in [6.07, 6.45) is 1.39. The molecule has 156 valence electrons. The fourth-order valence-electron chi connectivity index (χ4n) is 2.53.